The molecule has 118 valence electrons. The molecular weight excluding hydrogens is 304 g/mol. The minimum atomic E-state index is 0.0111. The van der Waals surface area contributed by atoms with Gasteiger partial charge in [-0.25, -0.2) is 0 Å². The zero-order valence-corrected chi connectivity index (χ0v) is 14.2. The lowest BCUT2D eigenvalue weighted by molar-refractivity contribution is -0.117. The molecule has 0 spiro atoms. The number of benzene rings is 2. The number of nitrogens with zero attached hydrogens (tertiary/aromatic N) is 1. The van der Waals surface area contributed by atoms with Crippen LogP contribution in [-0.2, 0) is 11.3 Å². The number of carbonyl (C=O) groups excluding carboxylic acids is 1. The van der Waals surface area contributed by atoms with Gasteiger partial charge in [-0.1, -0.05) is 30.3 Å². The number of anilines is 1. The first-order chi connectivity index (χ1) is 11.1. The Hall–Kier alpha value is -2.17. The first kappa shape index (κ1) is 15.7. The molecule has 0 atom stereocenters. The van der Waals surface area contributed by atoms with Crippen LogP contribution in [0.1, 0.15) is 10.4 Å². The van der Waals surface area contributed by atoms with Gasteiger partial charge in [-0.2, -0.15) is 0 Å². The fraction of sp³-hybridized carbons (Fsp3) is 0.211. The maximum atomic E-state index is 12.2. The number of likely N-dealkylation sites (N-methyl/N-ethyl adjacent to an activating group) is 1. The number of rotatable bonds is 5. The Balaban J connectivity index is 1.60. The lowest BCUT2D eigenvalue weighted by atomic mass is 10.1. The number of thiophene rings is 1. The molecule has 1 amide bonds. The quantitative estimate of drug-likeness (QED) is 0.760. The Bertz CT molecular complexity index is 825. The topological polar surface area (TPSA) is 32.3 Å². The molecule has 0 fully saturated rings. The third kappa shape index (κ3) is 3.97. The van der Waals surface area contributed by atoms with Gasteiger partial charge in [0.15, 0.2) is 0 Å². The Morgan fingerprint density at radius 1 is 1.13 bits per heavy atom. The molecule has 0 aliphatic rings. The largest absolute Gasteiger partial charge is 0.325 e. The number of fused-ring (bicyclic) bond motifs is 1. The summed E-state index contributed by atoms with van der Waals surface area (Å²) in [5.41, 5.74) is 2.13. The third-order valence-electron chi connectivity index (χ3n) is 3.83. The van der Waals surface area contributed by atoms with E-state index in [4.69, 9.17) is 0 Å². The molecule has 0 aliphatic heterocycles. The first-order valence-electron chi connectivity index (χ1n) is 7.62. The zero-order chi connectivity index (χ0) is 16.2. The van der Waals surface area contributed by atoms with Crippen molar-refractivity contribution in [2.45, 2.75) is 13.5 Å². The highest BCUT2D eigenvalue weighted by Gasteiger charge is 2.09. The number of nitrogens with one attached hydrogen (secondary N) is 1. The number of hydrogen-bond acceptors (Lipinski definition) is 3. The summed E-state index contributed by atoms with van der Waals surface area (Å²) in [5.74, 6) is 0.0111. The van der Waals surface area contributed by atoms with Crippen molar-refractivity contribution in [3.63, 3.8) is 0 Å². The summed E-state index contributed by atoms with van der Waals surface area (Å²) < 4.78 is 0. The van der Waals surface area contributed by atoms with Gasteiger partial charge in [0.25, 0.3) is 0 Å². The SMILES string of the molecule is Cc1ccsc1CN(C)CC(=O)Nc1ccc2ccccc2c1. The summed E-state index contributed by atoms with van der Waals surface area (Å²) in [5, 5.41) is 7.38. The lowest BCUT2D eigenvalue weighted by Crippen LogP contribution is -2.29. The molecule has 2 aromatic carbocycles. The van der Waals surface area contributed by atoms with Crippen LogP contribution in [-0.4, -0.2) is 24.4 Å². The smallest absolute Gasteiger partial charge is 0.238 e. The Kier molecular flexibility index (Phi) is 4.74. The minimum absolute atomic E-state index is 0.0111. The average molecular weight is 324 g/mol. The van der Waals surface area contributed by atoms with Gasteiger partial charge in [-0.3, -0.25) is 9.69 Å². The van der Waals surface area contributed by atoms with Crippen LogP contribution in [0.5, 0.6) is 0 Å². The van der Waals surface area contributed by atoms with E-state index in [9.17, 15) is 4.79 Å². The second kappa shape index (κ2) is 6.94. The van der Waals surface area contributed by atoms with Gasteiger partial charge >= 0.3 is 0 Å². The number of aryl methyl sites for hydroxylation is 1. The van der Waals surface area contributed by atoms with Crippen molar-refractivity contribution in [2.24, 2.45) is 0 Å². The summed E-state index contributed by atoms with van der Waals surface area (Å²) in [7, 11) is 1.97. The van der Waals surface area contributed by atoms with Gasteiger partial charge in [-0.15, -0.1) is 11.3 Å². The highest BCUT2D eigenvalue weighted by atomic mass is 32.1. The summed E-state index contributed by atoms with van der Waals surface area (Å²) in [6.45, 7) is 3.29. The molecule has 23 heavy (non-hydrogen) atoms. The van der Waals surface area contributed by atoms with Crippen molar-refractivity contribution in [3.05, 3.63) is 64.4 Å². The predicted molar refractivity (Wildman–Crippen MR) is 98.0 cm³/mol. The van der Waals surface area contributed by atoms with Crippen LogP contribution in [0.4, 0.5) is 5.69 Å². The molecule has 0 saturated heterocycles. The first-order valence-corrected chi connectivity index (χ1v) is 8.50. The second-order valence-corrected chi connectivity index (χ2v) is 6.81. The van der Waals surface area contributed by atoms with Gasteiger partial charge < -0.3 is 5.32 Å². The minimum Gasteiger partial charge on any atom is -0.325 e. The van der Waals surface area contributed by atoms with Crippen molar-refractivity contribution in [1.82, 2.24) is 4.90 Å². The van der Waals surface area contributed by atoms with Gasteiger partial charge in [0.2, 0.25) is 5.91 Å². The van der Waals surface area contributed by atoms with Gasteiger partial charge in [0.05, 0.1) is 6.54 Å². The van der Waals surface area contributed by atoms with Crippen LogP contribution in [0, 0.1) is 6.92 Å². The third-order valence-corrected chi connectivity index (χ3v) is 4.84. The number of amides is 1. The highest BCUT2D eigenvalue weighted by Crippen LogP contribution is 2.19. The van der Waals surface area contributed by atoms with Crippen molar-refractivity contribution in [2.75, 3.05) is 18.9 Å². The summed E-state index contributed by atoms with van der Waals surface area (Å²) in [6.07, 6.45) is 0. The molecule has 0 bridgehead atoms. The normalized spacial score (nSPS) is 11.1. The summed E-state index contributed by atoms with van der Waals surface area (Å²) in [6, 6.07) is 16.2. The lowest BCUT2D eigenvalue weighted by Gasteiger charge is -2.16. The monoisotopic (exact) mass is 324 g/mol. The van der Waals surface area contributed by atoms with E-state index < -0.39 is 0 Å². The van der Waals surface area contributed by atoms with E-state index in [1.54, 1.807) is 11.3 Å². The average Bonchev–Trinajstić information content (AvgIpc) is 2.92. The fourth-order valence-electron chi connectivity index (χ4n) is 2.58. The van der Waals surface area contributed by atoms with E-state index >= 15 is 0 Å². The maximum absolute atomic E-state index is 12.2. The standard InChI is InChI=1S/C19H20N2OS/c1-14-9-10-23-18(14)12-21(2)13-19(22)20-17-8-7-15-5-3-4-6-16(15)11-17/h3-11H,12-13H2,1-2H3,(H,20,22). The van der Waals surface area contributed by atoms with E-state index in [2.05, 4.69) is 35.8 Å². The second-order valence-electron chi connectivity index (χ2n) is 5.81. The van der Waals surface area contributed by atoms with Crippen molar-refractivity contribution < 1.29 is 4.79 Å². The van der Waals surface area contributed by atoms with Crippen molar-refractivity contribution in [3.8, 4) is 0 Å². The Labute approximate surface area is 140 Å². The molecular formula is C19H20N2OS. The number of hydrogen-bond donors (Lipinski definition) is 1. The Morgan fingerprint density at radius 3 is 2.65 bits per heavy atom. The summed E-state index contributed by atoms with van der Waals surface area (Å²) in [4.78, 5) is 15.6. The van der Waals surface area contributed by atoms with Crippen LogP contribution < -0.4 is 5.32 Å². The predicted octanol–water partition coefficient (Wildman–Crippen LogP) is 4.28. The Morgan fingerprint density at radius 2 is 1.91 bits per heavy atom. The molecule has 3 rings (SSSR count). The van der Waals surface area contributed by atoms with E-state index in [1.807, 2.05) is 42.3 Å². The van der Waals surface area contributed by atoms with Gasteiger partial charge in [0, 0.05) is 17.1 Å². The molecule has 0 unspecified atom stereocenters. The van der Waals surface area contributed by atoms with Crippen molar-refractivity contribution >= 4 is 33.7 Å². The molecule has 1 aromatic heterocycles. The molecule has 3 aromatic rings. The van der Waals surface area contributed by atoms with Crippen LogP contribution in [0.25, 0.3) is 10.8 Å². The molecule has 4 heteroatoms. The molecule has 0 aliphatic carbocycles. The van der Waals surface area contributed by atoms with Crippen LogP contribution in [0.3, 0.4) is 0 Å². The van der Waals surface area contributed by atoms with Crippen LogP contribution >= 0.6 is 11.3 Å². The highest BCUT2D eigenvalue weighted by molar-refractivity contribution is 7.10. The fourth-order valence-corrected chi connectivity index (χ4v) is 3.57. The van der Waals surface area contributed by atoms with Crippen LogP contribution in [0.15, 0.2) is 53.9 Å². The van der Waals surface area contributed by atoms with E-state index in [0.717, 1.165) is 17.6 Å². The molecule has 0 saturated carbocycles. The van der Waals surface area contributed by atoms with E-state index in [1.165, 1.54) is 15.8 Å². The van der Waals surface area contributed by atoms with E-state index in [-0.39, 0.29) is 5.91 Å². The van der Waals surface area contributed by atoms with E-state index in [0.29, 0.717) is 6.54 Å². The van der Waals surface area contributed by atoms with Crippen LogP contribution in [0.2, 0.25) is 0 Å². The molecule has 3 nitrogen and oxygen atoms in total. The number of carbonyl (C=O) groups is 1. The zero-order valence-electron chi connectivity index (χ0n) is 13.4. The van der Waals surface area contributed by atoms with Gasteiger partial charge in [0.1, 0.15) is 0 Å². The van der Waals surface area contributed by atoms with Gasteiger partial charge in [-0.05, 0) is 53.9 Å². The molecule has 1 N–H and O–H groups in total. The van der Waals surface area contributed by atoms with Crippen molar-refractivity contribution in [1.29, 1.82) is 0 Å². The molecule has 1 heterocycles. The maximum Gasteiger partial charge on any atom is 0.238 e. The summed E-state index contributed by atoms with van der Waals surface area (Å²) >= 11 is 1.74. The molecule has 0 radical (unpaired) electrons.